The van der Waals surface area contributed by atoms with Gasteiger partial charge in [-0.1, -0.05) is 78.5 Å². The molecule has 212 valence electrons. The van der Waals surface area contributed by atoms with Gasteiger partial charge < -0.3 is 10.2 Å². The third kappa shape index (κ3) is 7.16. The van der Waals surface area contributed by atoms with Crippen LogP contribution in [0.1, 0.15) is 43.7 Å². The Hall–Kier alpha value is -3.07. The molecule has 10 heteroatoms. The average molecular weight is 603 g/mol. The van der Waals surface area contributed by atoms with Crippen molar-refractivity contribution in [3.8, 4) is 0 Å². The summed E-state index contributed by atoms with van der Waals surface area (Å²) >= 11 is 12.5. The number of benzene rings is 3. The molecule has 1 aliphatic rings. The van der Waals surface area contributed by atoms with Gasteiger partial charge in [0.25, 0.3) is 10.0 Å². The maximum atomic E-state index is 14.0. The number of carbonyl (C=O) groups is 2. The zero-order valence-electron chi connectivity index (χ0n) is 22.5. The number of carbonyl (C=O) groups excluding carboxylic acids is 2. The zero-order chi connectivity index (χ0) is 28.9. The van der Waals surface area contributed by atoms with Crippen molar-refractivity contribution in [3.63, 3.8) is 0 Å². The summed E-state index contributed by atoms with van der Waals surface area (Å²) in [5, 5.41) is 3.52. The van der Waals surface area contributed by atoms with Gasteiger partial charge in [-0.05, 0) is 68.1 Å². The van der Waals surface area contributed by atoms with E-state index in [0.717, 1.165) is 41.1 Å². The topological polar surface area (TPSA) is 86.8 Å². The summed E-state index contributed by atoms with van der Waals surface area (Å²) in [6, 6.07) is 19.1. The van der Waals surface area contributed by atoms with Crippen molar-refractivity contribution in [1.82, 2.24) is 10.2 Å². The molecule has 4 rings (SSSR count). The largest absolute Gasteiger partial charge is 0.352 e. The van der Waals surface area contributed by atoms with Crippen LogP contribution in [0, 0.1) is 6.92 Å². The Balaban J connectivity index is 1.71. The van der Waals surface area contributed by atoms with E-state index >= 15 is 0 Å². The van der Waals surface area contributed by atoms with Crippen molar-refractivity contribution in [2.24, 2.45) is 0 Å². The van der Waals surface area contributed by atoms with Crippen LogP contribution in [-0.4, -0.2) is 43.8 Å². The summed E-state index contributed by atoms with van der Waals surface area (Å²) in [4.78, 5) is 28.8. The highest BCUT2D eigenvalue weighted by atomic mass is 35.5. The maximum absolute atomic E-state index is 14.0. The Morgan fingerprint density at radius 2 is 1.55 bits per heavy atom. The first kappa shape index (κ1) is 29.9. The number of hydrogen-bond donors (Lipinski definition) is 1. The lowest BCUT2D eigenvalue weighted by Gasteiger charge is -2.33. The number of hydrogen-bond acceptors (Lipinski definition) is 4. The molecule has 1 N–H and O–H groups in total. The van der Waals surface area contributed by atoms with E-state index in [9.17, 15) is 18.0 Å². The highest BCUT2D eigenvalue weighted by Gasteiger charge is 2.33. The molecule has 0 spiro atoms. The Bertz CT molecular complexity index is 1440. The van der Waals surface area contributed by atoms with Gasteiger partial charge in [-0.2, -0.15) is 0 Å². The summed E-state index contributed by atoms with van der Waals surface area (Å²) in [5.41, 5.74) is 1.97. The van der Waals surface area contributed by atoms with Crippen LogP contribution < -0.4 is 9.62 Å². The number of halogens is 2. The van der Waals surface area contributed by atoms with Gasteiger partial charge in [0, 0.05) is 22.6 Å². The Labute approximate surface area is 246 Å². The molecule has 7 nitrogen and oxygen atoms in total. The molecule has 0 unspecified atom stereocenters. The smallest absolute Gasteiger partial charge is 0.264 e. The molecule has 0 heterocycles. The second kappa shape index (κ2) is 13.1. The van der Waals surface area contributed by atoms with E-state index in [1.165, 1.54) is 35.2 Å². The molecular formula is C30H33Cl2N3O4S. The molecule has 1 aliphatic carbocycles. The van der Waals surface area contributed by atoms with Crippen LogP contribution in [0.4, 0.5) is 5.69 Å². The van der Waals surface area contributed by atoms with E-state index in [0.29, 0.717) is 0 Å². The van der Waals surface area contributed by atoms with Crippen LogP contribution in [0.5, 0.6) is 0 Å². The van der Waals surface area contributed by atoms with Crippen molar-refractivity contribution in [3.05, 3.63) is 94.0 Å². The number of aryl methyl sites for hydroxylation is 1. The van der Waals surface area contributed by atoms with Crippen LogP contribution in [0.25, 0.3) is 0 Å². The SMILES string of the molecule is Cc1ccccc1CN(C(=O)CN(c1cc(Cl)cc(Cl)c1)S(=O)(=O)c1ccccc1)[C@H](C)C(=O)NC1CCCC1. The Morgan fingerprint density at radius 3 is 2.17 bits per heavy atom. The van der Waals surface area contributed by atoms with Gasteiger partial charge in [0.1, 0.15) is 12.6 Å². The normalized spacial score (nSPS) is 14.5. The molecule has 1 fully saturated rings. The molecule has 0 saturated heterocycles. The fraction of sp³-hybridized carbons (Fsp3) is 0.333. The number of nitrogens with zero attached hydrogens (tertiary/aromatic N) is 2. The highest BCUT2D eigenvalue weighted by Crippen LogP contribution is 2.30. The Morgan fingerprint density at radius 1 is 0.950 bits per heavy atom. The number of rotatable bonds is 10. The predicted octanol–water partition coefficient (Wildman–Crippen LogP) is 5.97. The number of nitrogens with one attached hydrogen (secondary N) is 1. The number of anilines is 1. The van der Waals surface area contributed by atoms with Crippen molar-refractivity contribution in [2.45, 2.75) is 63.1 Å². The first-order chi connectivity index (χ1) is 19.1. The Kier molecular flexibility index (Phi) is 9.77. The van der Waals surface area contributed by atoms with Gasteiger partial charge in [0.15, 0.2) is 0 Å². The van der Waals surface area contributed by atoms with E-state index in [1.54, 1.807) is 25.1 Å². The summed E-state index contributed by atoms with van der Waals surface area (Å²) in [6.07, 6.45) is 3.92. The van der Waals surface area contributed by atoms with Crippen LogP contribution in [0.2, 0.25) is 10.0 Å². The molecule has 0 bridgehead atoms. The minimum Gasteiger partial charge on any atom is -0.352 e. The quantitative estimate of drug-likeness (QED) is 0.310. The second-order valence-corrected chi connectivity index (χ2v) is 12.8. The third-order valence-electron chi connectivity index (χ3n) is 7.22. The van der Waals surface area contributed by atoms with Gasteiger partial charge >= 0.3 is 0 Å². The van der Waals surface area contributed by atoms with Gasteiger partial charge in [-0.15, -0.1) is 0 Å². The van der Waals surface area contributed by atoms with Crippen LogP contribution in [-0.2, 0) is 26.2 Å². The average Bonchev–Trinajstić information content (AvgIpc) is 3.43. The van der Waals surface area contributed by atoms with Crippen LogP contribution in [0.3, 0.4) is 0 Å². The second-order valence-electron chi connectivity index (χ2n) is 10.1. The third-order valence-corrected chi connectivity index (χ3v) is 9.44. The van der Waals surface area contributed by atoms with Gasteiger partial charge in [0.2, 0.25) is 11.8 Å². The monoisotopic (exact) mass is 601 g/mol. The summed E-state index contributed by atoms with van der Waals surface area (Å²) < 4.78 is 28.7. The molecule has 0 aliphatic heterocycles. The maximum Gasteiger partial charge on any atom is 0.264 e. The first-order valence-electron chi connectivity index (χ1n) is 13.2. The zero-order valence-corrected chi connectivity index (χ0v) is 24.8. The summed E-state index contributed by atoms with van der Waals surface area (Å²) in [7, 11) is -4.19. The molecule has 40 heavy (non-hydrogen) atoms. The number of sulfonamides is 1. The predicted molar refractivity (Wildman–Crippen MR) is 159 cm³/mol. The molecule has 1 atom stereocenters. The van der Waals surface area contributed by atoms with E-state index in [4.69, 9.17) is 23.2 Å². The molecule has 1 saturated carbocycles. The summed E-state index contributed by atoms with van der Waals surface area (Å²) in [6.45, 7) is 3.19. The molecule has 0 aromatic heterocycles. The minimum absolute atomic E-state index is 0.0105. The lowest BCUT2D eigenvalue weighted by molar-refractivity contribution is -0.139. The lowest BCUT2D eigenvalue weighted by Crippen LogP contribution is -2.52. The van der Waals surface area contributed by atoms with Crippen molar-refractivity contribution < 1.29 is 18.0 Å². The van der Waals surface area contributed by atoms with Gasteiger partial charge in [-0.3, -0.25) is 13.9 Å². The molecule has 3 aromatic carbocycles. The molecule has 0 radical (unpaired) electrons. The fourth-order valence-electron chi connectivity index (χ4n) is 4.88. The fourth-order valence-corrected chi connectivity index (χ4v) is 6.81. The minimum atomic E-state index is -4.19. The van der Waals surface area contributed by atoms with Crippen LogP contribution in [0.15, 0.2) is 77.7 Å². The highest BCUT2D eigenvalue weighted by molar-refractivity contribution is 7.92. The van der Waals surface area contributed by atoms with Crippen LogP contribution >= 0.6 is 23.2 Å². The van der Waals surface area contributed by atoms with E-state index in [2.05, 4.69) is 5.32 Å². The summed E-state index contributed by atoms with van der Waals surface area (Å²) in [5.74, 6) is -0.801. The van der Waals surface area contributed by atoms with Crippen molar-refractivity contribution in [1.29, 1.82) is 0 Å². The molecule has 2 amide bonds. The van der Waals surface area contributed by atoms with Crippen molar-refractivity contribution >= 4 is 50.7 Å². The van der Waals surface area contributed by atoms with Crippen molar-refractivity contribution in [2.75, 3.05) is 10.8 Å². The number of amides is 2. The van der Waals surface area contributed by atoms with E-state index < -0.39 is 28.5 Å². The first-order valence-corrected chi connectivity index (χ1v) is 15.4. The van der Waals surface area contributed by atoms with Gasteiger partial charge in [0.05, 0.1) is 10.6 Å². The van der Waals surface area contributed by atoms with Gasteiger partial charge in [-0.25, -0.2) is 8.42 Å². The molecular weight excluding hydrogens is 569 g/mol. The lowest BCUT2D eigenvalue weighted by atomic mass is 10.1. The van der Waals surface area contributed by atoms with E-state index in [1.807, 2.05) is 31.2 Å². The standard InChI is InChI=1S/C30H33Cl2N3O4S/c1-21-10-6-7-11-23(21)19-34(22(2)30(37)33-26-12-8-9-13-26)29(36)20-35(27-17-24(31)16-25(32)18-27)40(38,39)28-14-4-3-5-15-28/h3-7,10-11,14-18,22,26H,8-9,12-13,19-20H2,1-2H3,(H,33,37)/t22-/m1/s1. The van der Waals surface area contributed by atoms with E-state index in [-0.39, 0.29) is 39.1 Å². The molecule has 3 aromatic rings.